The average Bonchev–Trinajstić information content (AvgIpc) is 2.54. The van der Waals surface area contributed by atoms with Crippen LogP contribution in [0, 0.1) is 5.92 Å². The molecule has 0 aliphatic carbocycles. The van der Waals surface area contributed by atoms with Gasteiger partial charge in [0.25, 0.3) is 0 Å². The van der Waals surface area contributed by atoms with Crippen molar-refractivity contribution in [3.63, 3.8) is 0 Å². The summed E-state index contributed by atoms with van der Waals surface area (Å²) in [5, 5.41) is 3.02. The molecule has 5 nitrogen and oxygen atoms in total. The number of rotatable bonds is 3. The molecule has 1 heterocycles. The van der Waals surface area contributed by atoms with Gasteiger partial charge in [0.2, 0.25) is 5.91 Å². The van der Waals surface area contributed by atoms with E-state index in [9.17, 15) is 9.59 Å². The molecule has 0 saturated carbocycles. The molecule has 1 aliphatic rings. The SMILES string of the molecule is CCc1ccccc1NC(=O)[C@H]1CCCN(C(=O)OC(C)(C)C)C1. The molecule has 1 atom stereocenters. The Kier molecular flexibility index (Phi) is 5.86. The highest BCUT2D eigenvalue weighted by atomic mass is 16.6. The Balaban J connectivity index is 1.98. The van der Waals surface area contributed by atoms with E-state index in [1.165, 1.54) is 0 Å². The number of carbonyl (C=O) groups excluding carboxylic acids is 2. The lowest BCUT2D eigenvalue weighted by Crippen LogP contribution is -2.45. The first-order valence-electron chi connectivity index (χ1n) is 8.67. The number of para-hydroxylation sites is 1. The van der Waals surface area contributed by atoms with Gasteiger partial charge in [0, 0.05) is 18.8 Å². The minimum atomic E-state index is -0.521. The minimum absolute atomic E-state index is 0.0239. The van der Waals surface area contributed by atoms with Gasteiger partial charge in [0.1, 0.15) is 5.60 Å². The Bertz CT molecular complexity index is 593. The molecule has 2 rings (SSSR count). The second kappa shape index (κ2) is 7.69. The van der Waals surface area contributed by atoms with E-state index in [0.29, 0.717) is 13.1 Å². The Labute approximate surface area is 144 Å². The number of hydrogen-bond donors (Lipinski definition) is 1. The van der Waals surface area contributed by atoms with Crippen LogP contribution in [0.3, 0.4) is 0 Å². The fraction of sp³-hybridized carbons (Fsp3) is 0.579. The van der Waals surface area contributed by atoms with Crippen molar-refractivity contribution in [3.05, 3.63) is 29.8 Å². The molecule has 1 fully saturated rings. The molecule has 1 N–H and O–H groups in total. The highest BCUT2D eigenvalue weighted by Gasteiger charge is 2.31. The standard InChI is InChI=1S/C19H28N2O3/c1-5-14-9-6-7-11-16(14)20-17(22)15-10-8-12-21(13-15)18(23)24-19(2,3)4/h6-7,9,11,15H,5,8,10,12-13H2,1-4H3,(H,20,22)/t15-/m0/s1. The van der Waals surface area contributed by atoms with Gasteiger partial charge >= 0.3 is 6.09 Å². The van der Waals surface area contributed by atoms with Crippen molar-refractivity contribution in [1.29, 1.82) is 0 Å². The van der Waals surface area contributed by atoms with E-state index in [-0.39, 0.29) is 17.9 Å². The summed E-state index contributed by atoms with van der Waals surface area (Å²) in [7, 11) is 0. The molecule has 2 amide bonds. The normalized spacial score (nSPS) is 18.2. The molecule has 0 spiro atoms. The molecule has 1 aromatic rings. The summed E-state index contributed by atoms with van der Waals surface area (Å²) >= 11 is 0. The molecule has 132 valence electrons. The fourth-order valence-electron chi connectivity index (χ4n) is 2.87. The third kappa shape index (κ3) is 4.98. The van der Waals surface area contributed by atoms with Crippen LogP contribution in [0.1, 0.15) is 46.1 Å². The lowest BCUT2D eigenvalue weighted by Gasteiger charge is -2.33. The van der Waals surface area contributed by atoms with Crippen molar-refractivity contribution in [1.82, 2.24) is 4.90 Å². The van der Waals surface area contributed by atoms with Crippen LogP contribution in [-0.4, -0.2) is 35.6 Å². The predicted octanol–water partition coefficient (Wildman–Crippen LogP) is 3.83. The third-order valence-corrected chi connectivity index (χ3v) is 4.10. The number of aryl methyl sites for hydroxylation is 1. The van der Waals surface area contributed by atoms with E-state index in [1.54, 1.807) is 4.90 Å². The second-order valence-corrected chi connectivity index (χ2v) is 7.27. The minimum Gasteiger partial charge on any atom is -0.444 e. The number of hydrogen-bond acceptors (Lipinski definition) is 3. The molecule has 0 aromatic heterocycles. The van der Waals surface area contributed by atoms with Crippen molar-refractivity contribution in [2.75, 3.05) is 18.4 Å². The molecule has 1 saturated heterocycles. The first-order chi connectivity index (χ1) is 11.3. The number of nitrogens with zero attached hydrogens (tertiary/aromatic N) is 1. The average molecular weight is 332 g/mol. The highest BCUT2D eigenvalue weighted by Crippen LogP contribution is 2.22. The first-order valence-corrected chi connectivity index (χ1v) is 8.67. The van der Waals surface area contributed by atoms with Crippen LogP contribution in [0.15, 0.2) is 24.3 Å². The summed E-state index contributed by atoms with van der Waals surface area (Å²) in [5.41, 5.74) is 1.46. The zero-order chi connectivity index (χ0) is 17.7. The fourth-order valence-corrected chi connectivity index (χ4v) is 2.87. The largest absolute Gasteiger partial charge is 0.444 e. The van der Waals surface area contributed by atoms with Gasteiger partial charge in [-0.15, -0.1) is 0 Å². The zero-order valence-electron chi connectivity index (χ0n) is 15.1. The van der Waals surface area contributed by atoms with E-state index < -0.39 is 5.60 Å². The molecule has 0 unspecified atom stereocenters. The first kappa shape index (κ1) is 18.3. The predicted molar refractivity (Wildman–Crippen MR) is 95.0 cm³/mol. The van der Waals surface area contributed by atoms with Crippen molar-refractivity contribution in [2.24, 2.45) is 5.92 Å². The molecule has 0 bridgehead atoms. The smallest absolute Gasteiger partial charge is 0.410 e. The van der Waals surface area contributed by atoms with Crippen LogP contribution in [0.4, 0.5) is 10.5 Å². The second-order valence-electron chi connectivity index (χ2n) is 7.27. The molecule has 0 radical (unpaired) electrons. The summed E-state index contributed by atoms with van der Waals surface area (Å²) in [4.78, 5) is 26.5. The van der Waals surface area contributed by atoms with Gasteiger partial charge in [-0.25, -0.2) is 4.79 Å². The van der Waals surface area contributed by atoms with E-state index in [0.717, 1.165) is 30.5 Å². The summed E-state index contributed by atoms with van der Waals surface area (Å²) in [5.74, 6) is -0.222. The van der Waals surface area contributed by atoms with E-state index in [1.807, 2.05) is 45.0 Å². The van der Waals surface area contributed by atoms with Crippen LogP contribution in [0.25, 0.3) is 0 Å². The maximum Gasteiger partial charge on any atom is 0.410 e. The summed E-state index contributed by atoms with van der Waals surface area (Å²) in [6.07, 6.45) is 2.13. The monoisotopic (exact) mass is 332 g/mol. The molecular weight excluding hydrogens is 304 g/mol. The van der Waals surface area contributed by atoms with Gasteiger partial charge in [0.15, 0.2) is 0 Å². The van der Waals surface area contributed by atoms with Gasteiger partial charge in [-0.2, -0.15) is 0 Å². The molecular formula is C19H28N2O3. The van der Waals surface area contributed by atoms with Gasteiger partial charge in [-0.1, -0.05) is 25.1 Å². The Morgan fingerprint density at radius 2 is 2.00 bits per heavy atom. The van der Waals surface area contributed by atoms with E-state index in [4.69, 9.17) is 4.74 Å². The van der Waals surface area contributed by atoms with Gasteiger partial charge in [-0.05, 0) is 51.7 Å². The maximum atomic E-state index is 12.6. The lowest BCUT2D eigenvalue weighted by molar-refractivity contribution is -0.121. The number of piperidine rings is 1. The van der Waals surface area contributed by atoms with E-state index >= 15 is 0 Å². The van der Waals surface area contributed by atoms with Crippen molar-refractivity contribution >= 4 is 17.7 Å². The van der Waals surface area contributed by atoms with Crippen molar-refractivity contribution < 1.29 is 14.3 Å². The van der Waals surface area contributed by atoms with Crippen LogP contribution < -0.4 is 5.32 Å². The molecule has 24 heavy (non-hydrogen) atoms. The Hall–Kier alpha value is -2.04. The molecule has 1 aliphatic heterocycles. The number of ether oxygens (including phenoxy) is 1. The Morgan fingerprint density at radius 1 is 1.29 bits per heavy atom. The summed E-state index contributed by atoms with van der Waals surface area (Å²) in [6, 6.07) is 7.83. The van der Waals surface area contributed by atoms with Crippen LogP contribution in [-0.2, 0) is 16.0 Å². The topological polar surface area (TPSA) is 58.6 Å². The third-order valence-electron chi connectivity index (χ3n) is 4.10. The number of nitrogens with one attached hydrogen (secondary N) is 1. The number of carbonyl (C=O) groups is 2. The number of anilines is 1. The quantitative estimate of drug-likeness (QED) is 0.915. The maximum absolute atomic E-state index is 12.6. The Morgan fingerprint density at radius 3 is 2.67 bits per heavy atom. The van der Waals surface area contributed by atoms with Crippen LogP contribution in [0.5, 0.6) is 0 Å². The van der Waals surface area contributed by atoms with Gasteiger partial charge < -0.3 is 15.0 Å². The number of likely N-dealkylation sites (tertiary alicyclic amines) is 1. The van der Waals surface area contributed by atoms with Crippen molar-refractivity contribution in [2.45, 2.75) is 52.6 Å². The van der Waals surface area contributed by atoms with Crippen molar-refractivity contribution in [3.8, 4) is 0 Å². The number of benzene rings is 1. The summed E-state index contributed by atoms with van der Waals surface area (Å²) < 4.78 is 5.42. The summed E-state index contributed by atoms with van der Waals surface area (Å²) in [6.45, 7) is 8.66. The van der Waals surface area contributed by atoms with Gasteiger partial charge in [-0.3, -0.25) is 4.79 Å². The van der Waals surface area contributed by atoms with Crippen LogP contribution in [0.2, 0.25) is 0 Å². The van der Waals surface area contributed by atoms with Crippen LogP contribution >= 0.6 is 0 Å². The highest BCUT2D eigenvalue weighted by molar-refractivity contribution is 5.93. The lowest BCUT2D eigenvalue weighted by atomic mass is 9.97. The number of amides is 2. The van der Waals surface area contributed by atoms with Gasteiger partial charge in [0.05, 0.1) is 5.92 Å². The van der Waals surface area contributed by atoms with E-state index in [2.05, 4.69) is 12.2 Å². The molecule has 1 aromatic carbocycles. The zero-order valence-corrected chi connectivity index (χ0v) is 15.1. The molecule has 5 heteroatoms.